The van der Waals surface area contributed by atoms with Crippen molar-refractivity contribution in [3.8, 4) is 6.01 Å². The minimum absolute atomic E-state index is 0.0246. The summed E-state index contributed by atoms with van der Waals surface area (Å²) in [6.07, 6.45) is 0.0246. The van der Waals surface area contributed by atoms with Crippen molar-refractivity contribution in [2.45, 2.75) is 43.9 Å². The third kappa shape index (κ3) is 4.32. The minimum Gasteiger partial charge on any atom is -0.461 e. The number of aryl methyl sites for hydroxylation is 2. The second-order valence-corrected chi connectivity index (χ2v) is 6.03. The summed E-state index contributed by atoms with van der Waals surface area (Å²) in [4.78, 5) is 14.0. The van der Waals surface area contributed by atoms with Crippen LogP contribution in [0.1, 0.15) is 25.0 Å². The fourth-order valence-corrected chi connectivity index (χ4v) is 2.48. The predicted octanol–water partition coefficient (Wildman–Crippen LogP) is 3.47. The molecule has 5 nitrogen and oxygen atoms in total. The highest BCUT2D eigenvalue weighted by Gasteiger charge is 2.10. The number of hydrogen-bond donors (Lipinski definition) is 1. The van der Waals surface area contributed by atoms with Crippen LogP contribution in [0.4, 0.5) is 5.95 Å². The van der Waals surface area contributed by atoms with Crippen LogP contribution in [0.5, 0.6) is 6.01 Å². The van der Waals surface area contributed by atoms with E-state index in [0.29, 0.717) is 17.1 Å². The second-order valence-electron chi connectivity index (χ2n) is 4.99. The smallest absolute Gasteiger partial charge is 0.322 e. The molecule has 112 valence electrons. The highest BCUT2D eigenvalue weighted by atomic mass is 32.2. The van der Waals surface area contributed by atoms with Crippen LogP contribution in [0, 0.1) is 13.8 Å². The molecule has 1 aromatic carbocycles. The monoisotopic (exact) mass is 304 g/mol. The van der Waals surface area contributed by atoms with Gasteiger partial charge in [0.2, 0.25) is 11.1 Å². The average Bonchev–Trinajstić information content (AvgIpc) is 2.42. The maximum absolute atomic E-state index is 5.56. The molecule has 0 aliphatic carbocycles. The standard InChI is InChI=1S/C15H20N4OS/c1-9(2)20-14-17-13(16-5)18-15(19-14)21-12-7-6-10(3)11(4)8-12/h6-9H,1-5H3,(H,16,17,18,19). The molecule has 21 heavy (non-hydrogen) atoms. The number of nitrogens with zero attached hydrogens (tertiary/aromatic N) is 3. The number of anilines is 1. The number of benzene rings is 1. The van der Waals surface area contributed by atoms with Gasteiger partial charge in [0.1, 0.15) is 0 Å². The molecule has 6 heteroatoms. The Morgan fingerprint density at radius 1 is 1.10 bits per heavy atom. The van der Waals surface area contributed by atoms with Crippen molar-refractivity contribution < 1.29 is 4.74 Å². The van der Waals surface area contributed by atoms with Gasteiger partial charge in [-0.2, -0.15) is 15.0 Å². The summed E-state index contributed by atoms with van der Waals surface area (Å²) in [6.45, 7) is 8.08. The van der Waals surface area contributed by atoms with Gasteiger partial charge in [-0.1, -0.05) is 6.07 Å². The molecule has 0 bridgehead atoms. The maximum Gasteiger partial charge on any atom is 0.322 e. The van der Waals surface area contributed by atoms with Gasteiger partial charge in [0.05, 0.1) is 6.10 Å². The highest BCUT2D eigenvalue weighted by molar-refractivity contribution is 7.99. The Hall–Kier alpha value is -1.82. The number of ether oxygens (including phenoxy) is 1. The molecule has 1 N–H and O–H groups in total. The van der Waals surface area contributed by atoms with E-state index in [9.17, 15) is 0 Å². The fourth-order valence-electron chi connectivity index (χ4n) is 1.64. The molecule has 0 fully saturated rings. The molecular formula is C15H20N4OS. The SMILES string of the molecule is CNc1nc(OC(C)C)nc(Sc2ccc(C)c(C)c2)n1. The third-order valence-electron chi connectivity index (χ3n) is 2.85. The molecule has 0 aliphatic heterocycles. The van der Waals surface area contributed by atoms with Gasteiger partial charge in [0.25, 0.3) is 0 Å². The largest absolute Gasteiger partial charge is 0.461 e. The molecule has 2 rings (SSSR count). The fraction of sp³-hybridized carbons (Fsp3) is 0.400. The van der Waals surface area contributed by atoms with E-state index in [0.717, 1.165) is 4.90 Å². The zero-order valence-corrected chi connectivity index (χ0v) is 13.8. The molecule has 0 amide bonds. The lowest BCUT2D eigenvalue weighted by molar-refractivity contribution is 0.219. The first-order valence-electron chi connectivity index (χ1n) is 6.83. The van der Waals surface area contributed by atoms with Crippen molar-refractivity contribution in [3.05, 3.63) is 29.3 Å². The summed E-state index contributed by atoms with van der Waals surface area (Å²) in [5.41, 5.74) is 2.52. The van der Waals surface area contributed by atoms with Crippen molar-refractivity contribution in [2.24, 2.45) is 0 Å². The molecule has 2 aromatic rings. The number of nitrogens with one attached hydrogen (secondary N) is 1. The lowest BCUT2D eigenvalue weighted by atomic mass is 10.1. The Morgan fingerprint density at radius 2 is 1.86 bits per heavy atom. The Kier molecular flexibility index (Phi) is 5.01. The summed E-state index contributed by atoms with van der Waals surface area (Å²) in [5.74, 6) is 0.506. The molecule has 0 radical (unpaired) electrons. The Balaban J connectivity index is 2.27. The van der Waals surface area contributed by atoms with Gasteiger partial charge < -0.3 is 10.1 Å². The van der Waals surface area contributed by atoms with E-state index in [1.165, 1.54) is 22.9 Å². The van der Waals surface area contributed by atoms with Gasteiger partial charge in [-0.15, -0.1) is 0 Å². The van der Waals surface area contributed by atoms with Gasteiger partial charge in [-0.3, -0.25) is 0 Å². The van der Waals surface area contributed by atoms with Crippen LogP contribution in [0.2, 0.25) is 0 Å². The Bertz CT molecular complexity index is 631. The maximum atomic E-state index is 5.56. The summed E-state index contributed by atoms with van der Waals surface area (Å²) in [6, 6.07) is 6.64. The second kappa shape index (κ2) is 6.76. The van der Waals surface area contributed by atoms with E-state index >= 15 is 0 Å². The third-order valence-corrected chi connectivity index (χ3v) is 3.70. The molecule has 0 unspecified atom stereocenters. The average molecular weight is 304 g/mol. The van der Waals surface area contributed by atoms with E-state index in [1.807, 2.05) is 13.8 Å². The Morgan fingerprint density at radius 3 is 2.48 bits per heavy atom. The van der Waals surface area contributed by atoms with E-state index in [1.54, 1.807) is 7.05 Å². The Labute approximate surface area is 129 Å². The van der Waals surface area contributed by atoms with Crippen LogP contribution >= 0.6 is 11.8 Å². The first-order chi connectivity index (χ1) is 9.97. The van der Waals surface area contributed by atoms with E-state index in [2.05, 4.69) is 52.3 Å². The van der Waals surface area contributed by atoms with Crippen molar-refractivity contribution in [2.75, 3.05) is 12.4 Å². The van der Waals surface area contributed by atoms with Gasteiger partial charge in [-0.05, 0) is 62.7 Å². The van der Waals surface area contributed by atoms with Gasteiger partial charge in [0, 0.05) is 11.9 Å². The van der Waals surface area contributed by atoms with Crippen LogP contribution in [0.25, 0.3) is 0 Å². The van der Waals surface area contributed by atoms with Crippen molar-refractivity contribution >= 4 is 17.7 Å². The summed E-state index contributed by atoms with van der Waals surface area (Å²) < 4.78 is 5.56. The van der Waals surface area contributed by atoms with E-state index in [4.69, 9.17) is 4.74 Å². The summed E-state index contributed by atoms with van der Waals surface area (Å²) in [7, 11) is 1.78. The molecule has 1 heterocycles. The number of aromatic nitrogens is 3. The number of rotatable bonds is 5. The van der Waals surface area contributed by atoms with Gasteiger partial charge in [0.15, 0.2) is 0 Å². The molecule has 0 spiro atoms. The van der Waals surface area contributed by atoms with Crippen LogP contribution in [0.3, 0.4) is 0 Å². The van der Waals surface area contributed by atoms with Crippen molar-refractivity contribution in [1.29, 1.82) is 0 Å². The first kappa shape index (κ1) is 15.6. The molecule has 0 saturated carbocycles. The van der Waals surface area contributed by atoms with Crippen LogP contribution < -0.4 is 10.1 Å². The normalized spacial score (nSPS) is 10.8. The number of hydrogen-bond acceptors (Lipinski definition) is 6. The van der Waals surface area contributed by atoms with Gasteiger partial charge in [-0.25, -0.2) is 0 Å². The van der Waals surface area contributed by atoms with Crippen molar-refractivity contribution in [3.63, 3.8) is 0 Å². The first-order valence-corrected chi connectivity index (χ1v) is 7.65. The zero-order valence-electron chi connectivity index (χ0n) is 13.0. The quantitative estimate of drug-likeness (QED) is 0.912. The lowest BCUT2D eigenvalue weighted by Crippen LogP contribution is -2.10. The van der Waals surface area contributed by atoms with E-state index < -0.39 is 0 Å². The lowest BCUT2D eigenvalue weighted by Gasteiger charge is -2.10. The predicted molar refractivity (Wildman–Crippen MR) is 85.2 cm³/mol. The van der Waals surface area contributed by atoms with E-state index in [-0.39, 0.29) is 6.10 Å². The van der Waals surface area contributed by atoms with Crippen LogP contribution in [0.15, 0.2) is 28.3 Å². The molecule has 1 aromatic heterocycles. The molecule has 0 atom stereocenters. The van der Waals surface area contributed by atoms with Crippen LogP contribution in [-0.4, -0.2) is 28.1 Å². The van der Waals surface area contributed by atoms with Crippen LogP contribution in [-0.2, 0) is 0 Å². The summed E-state index contributed by atoms with van der Waals surface area (Å²) in [5, 5.41) is 3.55. The zero-order chi connectivity index (χ0) is 15.4. The minimum atomic E-state index is 0.0246. The topological polar surface area (TPSA) is 59.9 Å². The molecule has 0 aliphatic rings. The molecular weight excluding hydrogens is 284 g/mol. The van der Waals surface area contributed by atoms with Gasteiger partial charge >= 0.3 is 6.01 Å². The highest BCUT2D eigenvalue weighted by Crippen LogP contribution is 2.28. The molecule has 0 saturated heterocycles. The van der Waals surface area contributed by atoms with Crippen molar-refractivity contribution in [1.82, 2.24) is 15.0 Å². The summed E-state index contributed by atoms with van der Waals surface area (Å²) >= 11 is 1.50.